The number of nitrogens with zero attached hydrogens (tertiary/aromatic N) is 2. The molecule has 35 heavy (non-hydrogen) atoms. The van der Waals surface area contributed by atoms with Crippen molar-refractivity contribution in [3.8, 4) is 16.3 Å². The van der Waals surface area contributed by atoms with E-state index in [1.165, 1.54) is 46.0 Å². The first-order valence-corrected chi connectivity index (χ1v) is 13.7. The second-order valence-electron chi connectivity index (χ2n) is 8.78. The van der Waals surface area contributed by atoms with Crippen molar-refractivity contribution in [2.24, 2.45) is 5.92 Å². The number of sulfonamides is 1. The summed E-state index contributed by atoms with van der Waals surface area (Å²) in [6.07, 6.45) is 1.71. The zero-order chi connectivity index (χ0) is 24.6. The summed E-state index contributed by atoms with van der Waals surface area (Å²) >= 11 is 1.46. The Labute approximate surface area is 208 Å². The van der Waals surface area contributed by atoms with Gasteiger partial charge < -0.3 is 10.4 Å². The zero-order valence-electron chi connectivity index (χ0n) is 19.1. The van der Waals surface area contributed by atoms with E-state index in [2.05, 4.69) is 17.2 Å². The van der Waals surface area contributed by atoms with E-state index in [4.69, 9.17) is 0 Å². The molecule has 1 amide bonds. The lowest BCUT2D eigenvalue weighted by Gasteiger charge is -2.29. The lowest BCUT2D eigenvalue weighted by molar-refractivity contribution is 0.102. The summed E-state index contributed by atoms with van der Waals surface area (Å²) in [5.74, 6) is 0.230. The molecule has 2 heterocycles. The van der Waals surface area contributed by atoms with Gasteiger partial charge in [-0.3, -0.25) is 4.79 Å². The standard InChI is InChI=1S/C26H25N3O4S2/c1-17-12-14-29(15-13-17)35(32,33)20-9-6-18(7-10-20)25(31)27-19-8-11-23(30)21(16-19)26-28-22-4-2-3-5-24(22)34-26/h2-11,16-17,30H,12-15H2,1H3,(H,27,31). The van der Waals surface area contributed by atoms with Crippen LogP contribution in [0.1, 0.15) is 30.1 Å². The fourth-order valence-electron chi connectivity index (χ4n) is 4.13. The number of nitrogens with one attached hydrogen (secondary N) is 1. The normalized spacial score (nSPS) is 15.3. The predicted octanol–water partition coefficient (Wildman–Crippen LogP) is 5.34. The highest BCUT2D eigenvalue weighted by molar-refractivity contribution is 7.89. The van der Waals surface area contributed by atoms with Crippen LogP contribution < -0.4 is 5.32 Å². The number of fused-ring (bicyclic) bond motifs is 1. The van der Waals surface area contributed by atoms with Crippen LogP contribution in [0.4, 0.5) is 5.69 Å². The Bertz CT molecular complexity index is 1460. The summed E-state index contributed by atoms with van der Waals surface area (Å²) in [6, 6.07) is 18.5. The minimum Gasteiger partial charge on any atom is -0.507 e. The molecule has 2 N–H and O–H groups in total. The number of aromatic hydroxyl groups is 1. The van der Waals surface area contributed by atoms with E-state index in [9.17, 15) is 18.3 Å². The maximum absolute atomic E-state index is 12.9. The van der Waals surface area contributed by atoms with E-state index in [1.807, 2.05) is 24.3 Å². The van der Waals surface area contributed by atoms with Crippen molar-refractivity contribution >= 4 is 43.2 Å². The Morgan fingerprint density at radius 2 is 1.77 bits per heavy atom. The summed E-state index contributed by atoms with van der Waals surface area (Å²) in [7, 11) is -3.57. The number of para-hydroxylation sites is 1. The average Bonchev–Trinajstić information content (AvgIpc) is 3.29. The van der Waals surface area contributed by atoms with Crippen molar-refractivity contribution in [2.45, 2.75) is 24.7 Å². The number of anilines is 1. The lowest BCUT2D eigenvalue weighted by atomic mass is 10.0. The number of hydrogen-bond acceptors (Lipinski definition) is 6. The number of hydrogen-bond donors (Lipinski definition) is 2. The number of benzene rings is 3. The SMILES string of the molecule is CC1CCN(S(=O)(=O)c2ccc(C(=O)Nc3ccc(O)c(-c4nc5ccccc5s4)c3)cc2)CC1. The number of rotatable bonds is 5. The molecule has 180 valence electrons. The molecule has 0 spiro atoms. The second kappa shape index (κ2) is 9.41. The third-order valence-electron chi connectivity index (χ3n) is 6.28. The third kappa shape index (κ3) is 4.80. The van der Waals surface area contributed by atoms with E-state index in [1.54, 1.807) is 12.1 Å². The van der Waals surface area contributed by atoms with Crippen molar-refractivity contribution in [3.05, 3.63) is 72.3 Å². The smallest absolute Gasteiger partial charge is 0.255 e. The Morgan fingerprint density at radius 3 is 2.49 bits per heavy atom. The van der Waals surface area contributed by atoms with Crippen LogP contribution in [0.5, 0.6) is 5.75 Å². The molecule has 1 aromatic heterocycles. The van der Waals surface area contributed by atoms with Gasteiger partial charge in [0.25, 0.3) is 5.91 Å². The molecule has 3 aromatic carbocycles. The van der Waals surface area contributed by atoms with Gasteiger partial charge in [0.1, 0.15) is 10.8 Å². The Morgan fingerprint density at radius 1 is 1.06 bits per heavy atom. The molecule has 0 unspecified atom stereocenters. The fraction of sp³-hybridized carbons (Fsp3) is 0.231. The number of carbonyl (C=O) groups excluding carboxylic acids is 1. The first-order chi connectivity index (χ1) is 16.8. The molecule has 0 radical (unpaired) electrons. The van der Waals surface area contributed by atoms with Crippen LogP contribution in [-0.4, -0.2) is 41.8 Å². The van der Waals surface area contributed by atoms with Crippen LogP contribution in [-0.2, 0) is 10.0 Å². The highest BCUT2D eigenvalue weighted by atomic mass is 32.2. The summed E-state index contributed by atoms with van der Waals surface area (Å²) in [6.45, 7) is 3.17. The molecular formula is C26H25N3O4S2. The van der Waals surface area contributed by atoms with E-state index >= 15 is 0 Å². The van der Waals surface area contributed by atoms with Crippen LogP contribution in [0.25, 0.3) is 20.8 Å². The molecule has 0 saturated carbocycles. The van der Waals surface area contributed by atoms with Gasteiger partial charge >= 0.3 is 0 Å². The topological polar surface area (TPSA) is 99.6 Å². The molecule has 1 aliphatic rings. The Balaban J connectivity index is 1.33. The molecule has 1 fully saturated rings. The van der Waals surface area contributed by atoms with Gasteiger partial charge in [-0.15, -0.1) is 11.3 Å². The van der Waals surface area contributed by atoms with Crippen molar-refractivity contribution in [3.63, 3.8) is 0 Å². The van der Waals surface area contributed by atoms with Gasteiger partial charge in [-0.25, -0.2) is 13.4 Å². The van der Waals surface area contributed by atoms with Crippen molar-refractivity contribution in [1.82, 2.24) is 9.29 Å². The highest BCUT2D eigenvalue weighted by Crippen LogP contribution is 2.36. The van der Waals surface area contributed by atoms with Gasteiger partial charge in [-0.05, 0) is 73.4 Å². The maximum atomic E-state index is 12.9. The van der Waals surface area contributed by atoms with Crippen molar-refractivity contribution < 1.29 is 18.3 Å². The van der Waals surface area contributed by atoms with Crippen LogP contribution in [0, 0.1) is 5.92 Å². The summed E-state index contributed by atoms with van der Waals surface area (Å²) in [4.78, 5) is 17.6. The maximum Gasteiger partial charge on any atom is 0.255 e. The highest BCUT2D eigenvalue weighted by Gasteiger charge is 2.28. The molecule has 9 heteroatoms. The van der Waals surface area contributed by atoms with Gasteiger partial charge in [0, 0.05) is 24.3 Å². The first kappa shape index (κ1) is 23.5. The zero-order valence-corrected chi connectivity index (χ0v) is 20.8. The molecule has 0 bridgehead atoms. The van der Waals surface area contributed by atoms with Crippen LogP contribution in [0.15, 0.2) is 71.6 Å². The van der Waals surface area contributed by atoms with E-state index < -0.39 is 10.0 Å². The van der Waals surface area contributed by atoms with Gasteiger partial charge in [0.15, 0.2) is 0 Å². The number of piperidine rings is 1. The van der Waals surface area contributed by atoms with Gasteiger partial charge in [-0.1, -0.05) is 19.1 Å². The van der Waals surface area contributed by atoms with E-state index in [0.717, 1.165) is 23.1 Å². The largest absolute Gasteiger partial charge is 0.507 e. The van der Waals surface area contributed by atoms with Crippen LogP contribution in [0.3, 0.4) is 0 Å². The number of amides is 1. The van der Waals surface area contributed by atoms with E-state index in [-0.39, 0.29) is 16.6 Å². The number of phenolic OH excluding ortho intramolecular Hbond substituents is 1. The van der Waals surface area contributed by atoms with Crippen molar-refractivity contribution in [1.29, 1.82) is 0 Å². The molecule has 0 aliphatic carbocycles. The molecular weight excluding hydrogens is 482 g/mol. The number of thiazole rings is 1. The quantitative estimate of drug-likeness (QED) is 0.355. The summed E-state index contributed by atoms with van der Waals surface area (Å²) in [5, 5.41) is 13.9. The van der Waals surface area contributed by atoms with Gasteiger partial charge in [0.2, 0.25) is 10.0 Å². The minimum atomic E-state index is -3.57. The first-order valence-electron chi connectivity index (χ1n) is 11.4. The summed E-state index contributed by atoms with van der Waals surface area (Å²) in [5.41, 5.74) is 2.21. The van der Waals surface area contributed by atoms with Crippen LogP contribution in [0.2, 0.25) is 0 Å². The molecule has 0 atom stereocenters. The Hall–Kier alpha value is -3.27. The molecule has 4 aromatic rings. The molecule has 1 aliphatic heterocycles. The Kier molecular flexibility index (Phi) is 6.31. The fourth-order valence-corrected chi connectivity index (χ4v) is 6.59. The molecule has 7 nitrogen and oxygen atoms in total. The minimum absolute atomic E-state index is 0.0729. The predicted molar refractivity (Wildman–Crippen MR) is 138 cm³/mol. The van der Waals surface area contributed by atoms with Crippen LogP contribution >= 0.6 is 11.3 Å². The number of phenols is 1. The average molecular weight is 508 g/mol. The number of carbonyl (C=O) groups is 1. The van der Waals surface area contributed by atoms with E-state index in [0.29, 0.717) is 40.8 Å². The second-order valence-corrected chi connectivity index (χ2v) is 11.8. The number of aromatic nitrogens is 1. The molecule has 1 saturated heterocycles. The van der Waals surface area contributed by atoms with Crippen molar-refractivity contribution in [2.75, 3.05) is 18.4 Å². The van der Waals surface area contributed by atoms with Gasteiger partial charge in [0.05, 0.1) is 20.7 Å². The third-order valence-corrected chi connectivity index (χ3v) is 9.26. The van der Waals surface area contributed by atoms with Gasteiger partial charge in [-0.2, -0.15) is 4.31 Å². The molecule has 5 rings (SSSR count). The monoisotopic (exact) mass is 507 g/mol. The summed E-state index contributed by atoms with van der Waals surface area (Å²) < 4.78 is 28.4. The lowest BCUT2D eigenvalue weighted by Crippen LogP contribution is -2.37.